The number of pyridine rings is 1. The van der Waals surface area contributed by atoms with Gasteiger partial charge in [0.15, 0.2) is 23.3 Å². The zero-order valence-electron chi connectivity index (χ0n) is 9.88. The Morgan fingerprint density at radius 1 is 1.33 bits per heavy atom. The molecule has 0 aromatic carbocycles. The summed E-state index contributed by atoms with van der Waals surface area (Å²) in [6.45, 7) is 0.629. The van der Waals surface area contributed by atoms with Gasteiger partial charge in [0.2, 0.25) is 0 Å². The quantitative estimate of drug-likeness (QED) is 0.581. The largest absolute Gasteiger partial charge is 0.366 e. The highest BCUT2D eigenvalue weighted by Crippen LogP contribution is 2.26. The summed E-state index contributed by atoms with van der Waals surface area (Å²) >= 11 is 1.87. The minimum atomic E-state index is -0.799. The van der Waals surface area contributed by atoms with Crippen LogP contribution in [0, 0.1) is 11.6 Å². The molecule has 0 spiro atoms. The van der Waals surface area contributed by atoms with Crippen LogP contribution >= 0.6 is 11.8 Å². The minimum absolute atomic E-state index is 0.0375. The van der Waals surface area contributed by atoms with E-state index in [1.54, 1.807) is 0 Å². The van der Waals surface area contributed by atoms with E-state index < -0.39 is 11.6 Å². The number of nitrogens with one attached hydrogen (secondary N) is 2. The molecule has 18 heavy (non-hydrogen) atoms. The van der Waals surface area contributed by atoms with Crippen molar-refractivity contribution in [3.8, 4) is 0 Å². The number of thioether (sulfide) groups is 1. The van der Waals surface area contributed by atoms with Gasteiger partial charge in [0.05, 0.1) is 0 Å². The second kappa shape index (κ2) is 6.19. The van der Waals surface area contributed by atoms with E-state index >= 15 is 0 Å². The number of nitrogens with two attached hydrogens (primary N) is 1. The number of halogens is 2. The molecule has 1 fully saturated rings. The molecular weight excluding hydrogens is 258 g/mol. The molecule has 4 N–H and O–H groups in total. The summed E-state index contributed by atoms with van der Waals surface area (Å²) in [5.41, 5.74) is 2.10. The zero-order valence-corrected chi connectivity index (χ0v) is 10.7. The van der Waals surface area contributed by atoms with E-state index in [1.807, 2.05) is 11.8 Å². The van der Waals surface area contributed by atoms with Crippen molar-refractivity contribution < 1.29 is 8.78 Å². The Labute approximate surface area is 109 Å². The number of hydrogen-bond acceptors (Lipinski definition) is 5. The van der Waals surface area contributed by atoms with Gasteiger partial charge in [0, 0.05) is 17.9 Å². The van der Waals surface area contributed by atoms with Crippen LogP contribution in [0.3, 0.4) is 0 Å². The van der Waals surface area contributed by atoms with E-state index in [4.69, 9.17) is 5.84 Å². The second-order valence-corrected chi connectivity index (χ2v) is 5.57. The Kier molecular flexibility index (Phi) is 4.60. The highest BCUT2D eigenvalue weighted by atomic mass is 32.2. The van der Waals surface area contributed by atoms with Crippen LogP contribution in [-0.2, 0) is 0 Å². The predicted octanol–water partition coefficient (Wildman–Crippen LogP) is 2.34. The summed E-state index contributed by atoms with van der Waals surface area (Å²) < 4.78 is 26.6. The van der Waals surface area contributed by atoms with Crippen LogP contribution in [-0.4, -0.2) is 22.5 Å². The Balaban J connectivity index is 1.99. The standard InChI is InChI=1S/C11H16F2N4S/c12-8-5-9(13)11(17-14)16-10(8)15-6-7-3-1-2-4-18-7/h5,7H,1-4,6,14H2,(H2,15,16,17). The Hall–Kier alpha value is -1.08. The van der Waals surface area contributed by atoms with Crippen molar-refractivity contribution in [1.29, 1.82) is 0 Å². The van der Waals surface area contributed by atoms with E-state index in [2.05, 4.69) is 15.7 Å². The number of anilines is 2. The average Bonchev–Trinajstić information content (AvgIpc) is 2.39. The van der Waals surface area contributed by atoms with Gasteiger partial charge in [-0.25, -0.2) is 19.6 Å². The monoisotopic (exact) mass is 274 g/mol. The fourth-order valence-corrected chi connectivity index (χ4v) is 3.11. The number of hydrogen-bond donors (Lipinski definition) is 3. The van der Waals surface area contributed by atoms with Crippen molar-refractivity contribution >= 4 is 23.4 Å². The zero-order chi connectivity index (χ0) is 13.0. The first-order valence-corrected chi connectivity index (χ1v) is 6.93. The van der Waals surface area contributed by atoms with Crippen molar-refractivity contribution in [2.45, 2.75) is 24.5 Å². The molecule has 1 aromatic rings. The summed E-state index contributed by atoms with van der Waals surface area (Å²) in [6, 6.07) is 0.776. The van der Waals surface area contributed by atoms with Crippen molar-refractivity contribution in [2.24, 2.45) is 5.84 Å². The molecular formula is C11H16F2N4S. The number of nitrogen functional groups attached to an aromatic ring is 1. The van der Waals surface area contributed by atoms with Gasteiger partial charge in [0.25, 0.3) is 0 Å². The van der Waals surface area contributed by atoms with Crippen LogP contribution in [0.2, 0.25) is 0 Å². The molecule has 1 aliphatic rings. The van der Waals surface area contributed by atoms with Crippen LogP contribution in [0.4, 0.5) is 20.4 Å². The first-order valence-electron chi connectivity index (χ1n) is 5.89. The van der Waals surface area contributed by atoms with E-state index in [9.17, 15) is 8.78 Å². The van der Waals surface area contributed by atoms with Gasteiger partial charge in [-0.3, -0.25) is 0 Å². The third-order valence-corrected chi connectivity index (χ3v) is 4.24. The lowest BCUT2D eigenvalue weighted by Crippen LogP contribution is -2.21. The molecule has 7 heteroatoms. The van der Waals surface area contributed by atoms with Gasteiger partial charge in [0.1, 0.15) is 0 Å². The molecule has 1 saturated heterocycles. The van der Waals surface area contributed by atoms with E-state index in [0.29, 0.717) is 11.8 Å². The lowest BCUT2D eigenvalue weighted by atomic mass is 10.2. The topological polar surface area (TPSA) is 63.0 Å². The molecule has 0 aliphatic carbocycles. The van der Waals surface area contributed by atoms with Crippen molar-refractivity contribution in [3.05, 3.63) is 17.7 Å². The van der Waals surface area contributed by atoms with E-state index in [0.717, 1.165) is 18.2 Å². The van der Waals surface area contributed by atoms with E-state index in [1.165, 1.54) is 12.8 Å². The summed E-state index contributed by atoms with van der Waals surface area (Å²) in [6.07, 6.45) is 3.56. The molecule has 1 atom stereocenters. The van der Waals surface area contributed by atoms with Gasteiger partial charge in [-0.15, -0.1) is 0 Å². The SMILES string of the molecule is NNc1nc(NCC2CCCCS2)c(F)cc1F. The fourth-order valence-electron chi connectivity index (χ4n) is 1.87. The van der Waals surface area contributed by atoms with Crippen LogP contribution in [0.1, 0.15) is 19.3 Å². The molecule has 0 bridgehead atoms. The van der Waals surface area contributed by atoms with E-state index in [-0.39, 0.29) is 11.6 Å². The third-order valence-electron chi connectivity index (χ3n) is 2.84. The van der Waals surface area contributed by atoms with Gasteiger partial charge >= 0.3 is 0 Å². The second-order valence-electron chi connectivity index (χ2n) is 4.16. The predicted molar refractivity (Wildman–Crippen MR) is 70.5 cm³/mol. The Morgan fingerprint density at radius 2 is 2.11 bits per heavy atom. The maximum Gasteiger partial charge on any atom is 0.178 e. The normalized spacial score (nSPS) is 19.6. The van der Waals surface area contributed by atoms with Crippen LogP contribution in [0.25, 0.3) is 0 Å². The lowest BCUT2D eigenvalue weighted by Gasteiger charge is -2.21. The molecule has 1 aliphatic heterocycles. The van der Waals surface area contributed by atoms with Crippen LogP contribution in [0.5, 0.6) is 0 Å². The maximum absolute atomic E-state index is 13.5. The highest BCUT2D eigenvalue weighted by Gasteiger charge is 2.16. The van der Waals surface area contributed by atoms with Crippen molar-refractivity contribution in [3.63, 3.8) is 0 Å². The number of rotatable bonds is 4. The molecule has 1 aromatic heterocycles. The minimum Gasteiger partial charge on any atom is -0.366 e. The average molecular weight is 274 g/mol. The number of nitrogens with zero attached hydrogens (tertiary/aromatic N) is 1. The summed E-state index contributed by atoms with van der Waals surface area (Å²) in [7, 11) is 0. The van der Waals surface area contributed by atoms with Crippen molar-refractivity contribution in [2.75, 3.05) is 23.0 Å². The summed E-state index contributed by atoms with van der Waals surface area (Å²) in [4.78, 5) is 3.77. The van der Waals surface area contributed by atoms with Gasteiger partial charge < -0.3 is 10.7 Å². The first-order chi connectivity index (χ1) is 8.70. The molecule has 0 radical (unpaired) electrons. The Morgan fingerprint density at radius 3 is 2.78 bits per heavy atom. The van der Waals surface area contributed by atoms with Crippen LogP contribution < -0.4 is 16.6 Å². The highest BCUT2D eigenvalue weighted by molar-refractivity contribution is 7.99. The van der Waals surface area contributed by atoms with Gasteiger partial charge in [-0.2, -0.15) is 11.8 Å². The summed E-state index contributed by atoms with van der Waals surface area (Å²) in [5.74, 6) is 4.62. The molecule has 2 rings (SSSR count). The number of hydrazine groups is 1. The van der Waals surface area contributed by atoms with Crippen LogP contribution in [0.15, 0.2) is 6.07 Å². The third kappa shape index (κ3) is 3.23. The molecule has 2 heterocycles. The van der Waals surface area contributed by atoms with Gasteiger partial charge in [-0.1, -0.05) is 6.42 Å². The smallest absolute Gasteiger partial charge is 0.178 e. The lowest BCUT2D eigenvalue weighted by molar-refractivity contribution is 0.577. The Bertz CT molecular complexity index is 410. The van der Waals surface area contributed by atoms with Crippen molar-refractivity contribution in [1.82, 2.24) is 4.98 Å². The fraction of sp³-hybridized carbons (Fsp3) is 0.545. The maximum atomic E-state index is 13.5. The molecule has 0 amide bonds. The summed E-state index contributed by atoms with van der Waals surface area (Å²) in [5, 5.41) is 3.37. The van der Waals surface area contributed by atoms with Gasteiger partial charge in [-0.05, 0) is 18.6 Å². The number of aromatic nitrogens is 1. The molecule has 100 valence electrons. The molecule has 4 nitrogen and oxygen atoms in total. The molecule has 1 unspecified atom stereocenters. The first kappa shape index (κ1) is 13.4. The molecule has 0 saturated carbocycles.